The molecule has 0 saturated heterocycles. The second kappa shape index (κ2) is 10.3. The van der Waals surface area contributed by atoms with E-state index in [4.69, 9.17) is 19.3 Å². The molecule has 0 bridgehead atoms. The highest BCUT2D eigenvalue weighted by atomic mass is 19.1. The van der Waals surface area contributed by atoms with Crippen molar-refractivity contribution in [3.05, 3.63) is 82.7 Å². The molecule has 1 heterocycles. The Morgan fingerprint density at radius 2 is 1.89 bits per heavy atom. The number of aliphatic carboxylic acids is 1. The van der Waals surface area contributed by atoms with E-state index in [1.807, 2.05) is 30.3 Å². The largest absolute Gasteiger partial charge is 0.497 e. The second-order valence-electron chi connectivity index (χ2n) is 9.67. The molecule has 5 nitrogen and oxygen atoms in total. The van der Waals surface area contributed by atoms with Crippen LogP contribution in [0, 0.1) is 11.7 Å². The number of carbonyl (C=O) groups is 1. The Hall–Kier alpha value is -3.38. The topological polar surface area (TPSA) is 65.0 Å². The minimum atomic E-state index is -0.810. The van der Waals surface area contributed by atoms with Crippen LogP contribution in [0.15, 0.2) is 54.6 Å². The molecule has 1 N–H and O–H groups in total. The Balaban J connectivity index is 1.49. The van der Waals surface area contributed by atoms with Crippen molar-refractivity contribution in [2.45, 2.75) is 50.7 Å². The smallest absolute Gasteiger partial charge is 0.303 e. The Morgan fingerprint density at radius 1 is 1.06 bits per heavy atom. The summed E-state index contributed by atoms with van der Waals surface area (Å²) in [5, 5.41) is 9.02. The molecule has 1 saturated carbocycles. The van der Waals surface area contributed by atoms with Crippen LogP contribution in [0.5, 0.6) is 11.5 Å². The SMILES string of the molecule is COc1ccc(F)c(-c2ccc(C3CCc4ccc(CCC(=O)O)cc4O3)cc2C(OC)C2CC2)c1. The van der Waals surface area contributed by atoms with Crippen LogP contribution < -0.4 is 9.47 Å². The lowest BCUT2D eigenvalue weighted by molar-refractivity contribution is -0.136. The van der Waals surface area contributed by atoms with Crippen LogP contribution in [-0.4, -0.2) is 25.3 Å². The Morgan fingerprint density at radius 3 is 2.61 bits per heavy atom. The molecule has 0 amide bonds. The first-order valence-electron chi connectivity index (χ1n) is 12.5. The number of hydrogen-bond donors (Lipinski definition) is 1. The van der Waals surface area contributed by atoms with Gasteiger partial charge < -0.3 is 19.3 Å². The number of carboxylic acids is 1. The molecular formula is C30H31FO5. The van der Waals surface area contributed by atoms with Crippen molar-refractivity contribution >= 4 is 5.97 Å². The standard InChI is InChI=1S/C30H31FO5/c1-34-22-10-12-26(31)24(17-22)23-11-8-21(16-25(23)30(35-2)20-6-7-20)27-13-9-19-5-3-18(4-14-29(32)33)15-28(19)36-27/h3,5,8,10-12,15-17,20,27,30H,4,6-7,9,13-14H2,1-2H3,(H,32,33). The van der Waals surface area contributed by atoms with E-state index in [2.05, 4.69) is 6.07 Å². The third-order valence-electron chi connectivity index (χ3n) is 7.23. The summed E-state index contributed by atoms with van der Waals surface area (Å²) in [6.07, 6.45) is 4.18. The van der Waals surface area contributed by atoms with Crippen LogP contribution in [0.4, 0.5) is 4.39 Å². The van der Waals surface area contributed by atoms with Crippen LogP contribution in [-0.2, 0) is 22.4 Å². The first-order chi connectivity index (χ1) is 17.5. The van der Waals surface area contributed by atoms with Crippen molar-refractivity contribution in [1.82, 2.24) is 0 Å². The summed E-state index contributed by atoms with van der Waals surface area (Å²) in [7, 11) is 3.29. The van der Waals surface area contributed by atoms with Gasteiger partial charge in [0, 0.05) is 19.1 Å². The first-order valence-corrected chi connectivity index (χ1v) is 12.5. The lowest BCUT2D eigenvalue weighted by atomic mass is 9.89. The molecule has 1 fully saturated rings. The molecule has 0 radical (unpaired) electrons. The number of aryl methyl sites for hydroxylation is 2. The normalized spacial score (nSPS) is 17.7. The molecule has 1 aliphatic heterocycles. The van der Waals surface area contributed by atoms with Crippen molar-refractivity contribution in [2.24, 2.45) is 5.92 Å². The van der Waals surface area contributed by atoms with Gasteiger partial charge in [0.05, 0.1) is 13.2 Å². The van der Waals surface area contributed by atoms with E-state index in [0.717, 1.165) is 59.3 Å². The number of benzene rings is 3. The minimum Gasteiger partial charge on any atom is -0.497 e. The first kappa shape index (κ1) is 24.3. The zero-order valence-corrected chi connectivity index (χ0v) is 20.6. The van der Waals surface area contributed by atoms with E-state index in [9.17, 15) is 9.18 Å². The Kier molecular flexibility index (Phi) is 6.97. The monoisotopic (exact) mass is 490 g/mol. The third kappa shape index (κ3) is 5.09. The zero-order chi connectivity index (χ0) is 25.2. The van der Waals surface area contributed by atoms with Crippen molar-refractivity contribution in [3.63, 3.8) is 0 Å². The van der Waals surface area contributed by atoms with Crippen molar-refractivity contribution in [2.75, 3.05) is 14.2 Å². The number of fused-ring (bicyclic) bond motifs is 1. The van der Waals surface area contributed by atoms with E-state index in [1.165, 1.54) is 6.07 Å². The average Bonchev–Trinajstić information content (AvgIpc) is 3.73. The fourth-order valence-electron chi connectivity index (χ4n) is 5.13. The average molecular weight is 491 g/mol. The van der Waals surface area contributed by atoms with Crippen molar-refractivity contribution < 1.29 is 28.5 Å². The number of methoxy groups -OCH3 is 2. The maximum atomic E-state index is 15.0. The quantitative estimate of drug-likeness (QED) is 0.362. The molecule has 0 spiro atoms. The maximum absolute atomic E-state index is 15.0. The van der Waals surface area contributed by atoms with Crippen LogP contribution in [0.1, 0.15) is 60.1 Å². The summed E-state index contributed by atoms with van der Waals surface area (Å²) in [6, 6.07) is 16.9. The Labute approximate surface area is 210 Å². The Bertz CT molecular complexity index is 1270. The number of rotatable bonds is 9. The van der Waals surface area contributed by atoms with E-state index < -0.39 is 5.97 Å². The van der Waals surface area contributed by atoms with Gasteiger partial charge >= 0.3 is 5.97 Å². The van der Waals surface area contributed by atoms with Gasteiger partial charge in [0.2, 0.25) is 0 Å². The number of ether oxygens (including phenoxy) is 3. The molecule has 2 unspecified atom stereocenters. The molecule has 36 heavy (non-hydrogen) atoms. The minimum absolute atomic E-state index is 0.0907. The highest BCUT2D eigenvalue weighted by molar-refractivity contribution is 5.71. The molecule has 1 aliphatic carbocycles. The summed E-state index contributed by atoms with van der Waals surface area (Å²) in [5.41, 5.74) is 5.39. The second-order valence-corrected chi connectivity index (χ2v) is 9.67. The molecule has 3 aromatic rings. The van der Waals surface area contributed by atoms with Gasteiger partial charge in [0.15, 0.2) is 0 Å². The van der Waals surface area contributed by atoms with Gasteiger partial charge in [0.25, 0.3) is 0 Å². The van der Waals surface area contributed by atoms with Crippen LogP contribution in [0.3, 0.4) is 0 Å². The van der Waals surface area contributed by atoms with Gasteiger partial charge in [-0.05, 0) is 96.2 Å². The summed E-state index contributed by atoms with van der Waals surface area (Å²) in [6.45, 7) is 0. The van der Waals surface area contributed by atoms with Crippen molar-refractivity contribution in [1.29, 1.82) is 0 Å². The summed E-state index contributed by atoms with van der Waals surface area (Å²) >= 11 is 0. The molecule has 5 rings (SSSR count). The van der Waals surface area contributed by atoms with E-state index in [0.29, 0.717) is 23.7 Å². The van der Waals surface area contributed by atoms with Crippen molar-refractivity contribution in [3.8, 4) is 22.6 Å². The molecule has 6 heteroatoms. The number of halogens is 1. The van der Waals surface area contributed by atoms with E-state index >= 15 is 0 Å². The molecule has 188 valence electrons. The zero-order valence-electron chi connectivity index (χ0n) is 20.6. The van der Waals surface area contributed by atoms with Crippen LogP contribution in [0.25, 0.3) is 11.1 Å². The summed E-state index contributed by atoms with van der Waals surface area (Å²) < 4.78 is 32.7. The van der Waals surface area contributed by atoms with Gasteiger partial charge in [-0.2, -0.15) is 0 Å². The number of hydrogen-bond acceptors (Lipinski definition) is 4. The van der Waals surface area contributed by atoms with Gasteiger partial charge in [-0.1, -0.05) is 24.3 Å². The predicted molar refractivity (Wildman–Crippen MR) is 135 cm³/mol. The summed E-state index contributed by atoms with van der Waals surface area (Å²) in [4.78, 5) is 11.0. The fourth-order valence-corrected chi connectivity index (χ4v) is 5.13. The lowest BCUT2D eigenvalue weighted by Crippen LogP contribution is -2.16. The van der Waals surface area contributed by atoms with Gasteiger partial charge in [-0.25, -0.2) is 4.39 Å². The fraction of sp³-hybridized carbons (Fsp3) is 0.367. The molecule has 3 aromatic carbocycles. The highest BCUT2D eigenvalue weighted by Gasteiger charge is 2.35. The van der Waals surface area contributed by atoms with E-state index in [1.54, 1.807) is 26.4 Å². The molecule has 2 atom stereocenters. The highest BCUT2D eigenvalue weighted by Crippen LogP contribution is 2.47. The molecule has 2 aliphatic rings. The third-order valence-corrected chi connectivity index (χ3v) is 7.23. The lowest BCUT2D eigenvalue weighted by Gasteiger charge is -2.28. The molecule has 0 aromatic heterocycles. The van der Waals surface area contributed by atoms with Gasteiger partial charge in [0.1, 0.15) is 23.4 Å². The van der Waals surface area contributed by atoms with Crippen LogP contribution in [0.2, 0.25) is 0 Å². The molecular weight excluding hydrogens is 459 g/mol. The summed E-state index contributed by atoms with van der Waals surface area (Å²) in [5.74, 6) is 0.724. The van der Waals surface area contributed by atoms with Gasteiger partial charge in [-0.3, -0.25) is 4.79 Å². The predicted octanol–water partition coefficient (Wildman–Crippen LogP) is 6.68. The number of carboxylic acid groups (broad SMARTS) is 1. The van der Waals surface area contributed by atoms with E-state index in [-0.39, 0.29) is 24.4 Å². The van der Waals surface area contributed by atoms with Gasteiger partial charge in [-0.15, -0.1) is 0 Å². The van der Waals surface area contributed by atoms with Crippen LogP contribution >= 0.6 is 0 Å². The maximum Gasteiger partial charge on any atom is 0.303 e.